The topological polar surface area (TPSA) is 35.6 Å². The zero-order valence-electron chi connectivity index (χ0n) is 16.0. The van der Waals surface area contributed by atoms with Gasteiger partial charge in [0.15, 0.2) is 0 Å². The number of rotatable bonds is 6. The molecule has 1 aliphatic heterocycles. The normalized spacial score (nSPS) is 14.7. The van der Waals surface area contributed by atoms with Gasteiger partial charge in [-0.1, -0.05) is 54.4 Å². The van der Waals surface area contributed by atoms with Crippen molar-refractivity contribution in [1.29, 1.82) is 0 Å². The largest absolute Gasteiger partial charge is 0.334 e. The third-order valence-electron chi connectivity index (χ3n) is 5.07. The average molecular weight is 386 g/mol. The smallest absolute Gasteiger partial charge is 0.317 e. The average Bonchev–Trinajstić information content (AvgIpc) is 2.69. The van der Waals surface area contributed by atoms with Crippen LogP contribution in [0.4, 0.5) is 4.79 Å². The number of benzene rings is 2. The molecule has 27 heavy (non-hydrogen) atoms. The van der Waals surface area contributed by atoms with Crippen LogP contribution in [0.1, 0.15) is 36.0 Å². The Morgan fingerprint density at radius 1 is 1.04 bits per heavy atom. The number of nitrogens with one attached hydrogen (secondary N) is 1. The molecule has 0 aromatic heterocycles. The highest BCUT2D eigenvalue weighted by Crippen LogP contribution is 2.16. The minimum atomic E-state index is -0.0716. The molecule has 0 unspecified atom stereocenters. The molecule has 0 atom stereocenters. The summed E-state index contributed by atoms with van der Waals surface area (Å²) < 4.78 is 0. The number of carbonyl (C=O) groups excluding carboxylic acids is 1. The molecule has 0 saturated carbocycles. The maximum atomic E-state index is 12.5. The highest BCUT2D eigenvalue weighted by Gasteiger charge is 2.14. The van der Waals surface area contributed by atoms with E-state index in [0.29, 0.717) is 18.1 Å². The van der Waals surface area contributed by atoms with E-state index in [1.165, 1.54) is 43.5 Å². The van der Waals surface area contributed by atoms with Gasteiger partial charge in [-0.2, -0.15) is 0 Å². The van der Waals surface area contributed by atoms with Crippen molar-refractivity contribution >= 4 is 17.6 Å². The van der Waals surface area contributed by atoms with Crippen molar-refractivity contribution in [3.8, 4) is 0 Å². The Hall–Kier alpha value is -2.04. The Kier molecular flexibility index (Phi) is 7.13. The van der Waals surface area contributed by atoms with E-state index in [4.69, 9.17) is 11.6 Å². The maximum Gasteiger partial charge on any atom is 0.317 e. The van der Waals surface area contributed by atoms with Gasteiger partial charge in [0.05, 0.1) is 0 Å². The molecule has 3 rings (SSSR count). The van der Waals surface area contributed by atoms with Crippen LogP contribution in [0.2, 0.25) is 5.02 Å². The molecule has 0 bridgehead atoms. The summed E-state index contributed by atoms with van der Waals surface area (Å²) in [4.78, 5) is 16.7. The number of carbonyl (C=O) groups is 1. The number of urea groups is 1. The molecular formula is C22H28ClN3O. The number of nitrogens with zero attached hydrogens (tertiary/aromatic N) is 2. The van der Waals surface area contributed by atoms with E-state index >= 15 is 0 Å². The quantitative estimate of drug-likeness (QED) is 0.784. The molecule has 0 spiro atoms. The minimum absolute atomic E-state index is 0.0716. The monoisotopic (exact) mass is 385 g/mol. The summed E-state index contributed by atoms with van der Waals surface area (Å²) in [5, 5.41) is 3.76. The van der Waals surface area contributed by atoms with Gasteiger partial charge in [-0.05, 0) is 54.8 Å². The summed E-state index contributed by atoms with van der Waals surface area (Å²) in [7, 11) is 1.81. The van der Waals surface area contributed by atoms with Crippen LogP contribution in [-0.2, 0) is 19.6 Å². The van der Waals surface area contributed by atoms with Crippen LogP contribution in [0.5, 0.6) is 0 Å². The molecule has 2 aromatic rings. The van der Waals surface area contributed by atoms with Crippen molar-refractivity contribution in [2.75, 3.05) is 20.1 Å². The van der Waals surface area contributed by atoms with Gasteiger partial charge >= 0.3 is 6.03 Å². The number of halogens is 1. The molecule has 2 amide bonds. The molecule has 1 fully saturated rings. The van der Waals surface area contributed by atoms with Crippen molar-refractivity contribution in [2.45, 2.75) is 38.9 Å². The van der Waals surface area contributed by atoms with Crippen LogP contribution in [0.3, 0.4) is 0 Å². The summed E-state index contributed by atoms with van der Waals surface area (Å²) >= 11 is 5.92. The molecular weight excluding hydrogens is 358 g/mol. The van der Waals surface area contributed by atoms with Crippen LogP contribution < -0.4 is 5.32 Å². The first-order valence-electron chi connectivity index (χ1n) is 9.64. The number of hydrogen-bond donors (Lipinski definition) is 1. The van der Waals surface area contributed by atoms with Gasteiger partial charge in [0.25, 0.3) is 0 Å². The van der Waals surface area contributed by atoms with E-state index in [-0.39, 0.29) is 6.03 Å². The van der Waals surface area contributed by atoms with E-state index in [1.54, 1.807) is 4.90 Å². The Morgan fingerprint density at radius 2 is 1.70 bits per heavy atom. The standard InChI is InChI=1S/C22H28ClN3O/c1-25(16-18-9-11-21(23)12-10-18)22(27)24-15-19-7-3-4-8-20(19)17-26-13-5-2-6-14-26/h3-4,7-12H,2,5-6,13-17H2,1H3,(H,24,27). The summed E-state index contributed by atoms with van der Waals surface area (Å²) in [6.45, 7) is 4.41. The molecule has 0 aliphatic carbocycles. The third-order valence-corrected chi connectivity index (χ3v) is 5.32. The Morgan fingerprint density at radius 3 is 2.41 bits per heavy atom. The van der Waals surface area contributed by atoms with Crippen LogP contribution in [0.25, 0.3) is 0 Å². The van der Waals surface area contributed by atoms with Gasteiger partial charge in [0, 0.05) is 31.7 Å². The first-order valence-corrected chi connectivity index (χ1v) is 10.0. The zero-order chi connectivity index (χ0) is 19.1. The van der Waals surface area contributed by atoms with Gasteiger partial charge in [-0.3, -0.25) is 4.90 Å². The van der Waals surface area contributed by atoms with Crippen molar-refractivity contribution in [3.63, 3.8) is 0 Å². The first kappa shape index (κ1) is 19.7. The van der Waals surface area contributed by atoms with Crippen LogP contribution in [0, 0.1) is 0 Å². The van der Waals surface area contributed by atoms with Gasteiger partial charge < -0.3 is 10.2 Å². The molecule has 1 aliphatic rings. The molecule has 0 radical (unpaired) electrons. The highest BCUT2D eigenvalue weighted by atomic mass is 35.5. The van der Waals surface area contributed by atoms with Gasteiger partial charge in [-0.15, -0.1) is 0 Å². The molecule has 5 heteroatoms. The van der Waals surface area contributed by atoms with Crippen LogP contribution >= 0.6 is 11.6 Å². The molecule has 1 heterocycles. The fraction of sp³-hybridized carbons (Fsp3) is 0.409. The summed E-state index contributed by atoms with van der Waals surface area (Å²) in [5.41, 5.74) is 3.55. The van der Waals surface area contributed by atoms with Gasteiger partial charge in [0.1, 0.15) is 0 Å². The second kappa shape index (κ2) is 9.77. The lowest BCUT2D eigenvalue weighted by atomic mass is 10.0. The van der Waals surface area contributed by atoms with Gasteiger partial charge in [-0.25, -0.2) is 4.79 Å². The lowest BCUT2D eigenvalue weighted by Crippen LogP contribution is -2.36. The SMILES string of the molecule is CN(Cc1ccc(Cl)cc1)C(=O)NCc1ccccc1CN1CCCCC1. The summed E-state index contributed by atoms with van der Waals surface area (Å²) in [6.07, 6.45) is 3.91. The third kappa shape index (κ3) is 5.98. The number of amides is 2. The summed E-state index contributed by atoms with van der Waals surface area (Å²) in [5.74, 6) is 0. The maximum absolute atomic E-state index is 12.5. The van der Waals surface area contributed by atoms with Gasteiger partial charge in [0.2, 0.25) is 0 Å². The lowest BCUT2D eigenvalue weighted by Gasteiger charge is -2.27. The fourth-order valence-electron chi connectivity index (χ4n) is 3.48. The van der Waals surface area contributed by atoms with E-state index in [9.17, 15) is 4.79 Å². The molecule has 2 aromatic carbocycles. The predicted molar refractivity (Wildman–Crippen MR) is 111 cm³/mol. The fourth-order valence-corrected chi connectivity index (χ4v) is 3.61. The molecule has 4 nitrogen and oxygen atoms in total. The van der Waals surface area contributed by atoms with Crippen LogP contribution in [-0.4, -0.2) is 36.0 Å². The second-order valence-electron chi connectivity index (χ2n) is 7.25. The highest BCUT2D eigenvalue weighted by molar-refractivity contribution is 6.30. The van der Waals surface area contributed by atoms with Crippen molar-refractivity contribution < 1.29 is 4.79 Å². The lowest BCUT2D eigenvalue weighted by molar-refractivity contribution is 0.206. The van der Waals surface area contributed by atoms with Crippen molar-refractivity contribution in [3.05, 3.63) is 70.2 Å². The molecule has 1 N–H and O–H groups in total. The molecule has 1 saturated heterocycles. The van der Waals surface area contributed by atoms with Crippen molar-refractivity contribution in [1.82, 2.24) is 15.1 Å². The second-order valence-corrected chi connectivity index (χ2v) is 7.68. The predicted octanol–water partition coefficient (Wildman–Crippen LogP) is 4.67. The van der Waals surface area contributed by atoms with Crippen molar-refractivity contribution in [2.24, 2.45) is 0 Å². The number of hydrogen-bond acceptors (Lipinski definition) is 2. The van der Waals surface area contributed by atoms with E-state index in [0.717, 1.165) is 12.1 Å². The number of likely N-dealkylation sites (tertiary alicyclic amines) is 1. The Balaban J connectivity index is 1.54. The number of piperidine rings is 1. The van der Waals surface area contributed by atoms with E-state index < -0.39 is 0 Å². The zero-order valence-corrected chi connectivity index (χ0v) is 16.7. The van der Waals surface area contributed by atoms with E-state index in [1.807, 2.05) is 37.4 Å². The Bertz CT molecular complexity index is 741. The minimum Gasteiger partial charge on any atom is -0.334 e. The first-order chi connectivity index (χ1) is 13.1. The Labute approximate surface area is 167 Å². The summed E-state index contributed by atoms with van der Waals surface area (Å²) in [6, 6.07) is 15.9. The molecule has 144 valence electrons. The van der Waals surface area contributed by atoms with Crippen LogP contribution in [0.15, 0.2) is 48.5 Å². The van der Waals surface area contributed by atoms with E-state index in [2.05, 4.69) is 28.4 Å².